The molecule has 0 aliphatic heterocycles. The van der Waals surface area contributed by atoms with Crippen molar-refractivity contribution < 1.29 is 32.8 Å². The maximum absolute atomic E-state index is 10.6. The van der Waals surface area contributed by atoms with E-state index in [1.54, 1.807) is 0 Å². The fourth-order valence-electron chi connectivity index (χ4n) is 4.62. The first-order valence-corrected chi connectivity index (χ1v) is 16.2. The Kier molecular flexibility index (Phi) is 9.65. The fraction of sp³-hybridized carbons (Fsp3) is 0.0303. The molecule has 0 aliphatic rings. The lowest BCUT2D eigenvalue weighted by Gasteiger charge is -2.27. The average molecular weight is 599 g/mol. The largest absolute Gasteiger partial charge is 0.744 e. The van der Waals surface area contributed by atoms with Crippen LogP contribution in [0.1, 0.15) is 26.3 Å². The van der Waals surface area contributed by atoms with E-state index < -0.39 is 45.3 Å². The summed E-state index contributed by atoms with van der Waals surface area (Å²) in [7, 11) is -6.67. The highest BCUT2D eigenvalue weighted by Crippen LogP contribution is 2.58. The molecule has 0 radical (unpaired) electrons. The summed E-state index contributed by atoms with van der Waals surface area (Å²) in [6, 6.07) is 46.0. The maximum Gasteiger partial charge on any atom is 0.335 e. The Balaban J connectivity index is 0.000000219. The van der Waals surface area contributed by atoms with Gasteiger partial charge in [-0.25, -0.2) is 18.0 Å². The van der Waals surface area contributed by atoms with Crippen molar-refractivity contribution >= 4 is 45.2 Å². The number of benzene rings is 5. The topological polar surface area (TPSA) is 132 Å². The van der Waals surface area contributed by atoms with Gasteiger partial charge in [0.05, 0.1) is 22.2 Å². The van der Waals surface area contributed by atoms with Crippen LogP contribution in [0.25, 0.3) is 0 Å². The quantitative estimate of drug-likeness (QED) is 0.186. The van der Waals surface area contributed by atoms with Crippen LogP contribution >= 0.6 is 7.26 Å². The Morgan fingerprint density at radius 1 is 0.571 bits per heavy atom. The summed E-state index contributed by atoms with van der Waals surface area (Å²) in [5, 5.41) is 21.5. The summed E-state index contributed by atoms with van der Waals surface area (Å²) < 4.78 is 31.9. The van der Waals surface area contributed by atoms with Gasteiger partial charge in [0.1, 0.15) is 33.3 Å². The number of hydrogen-bond donors (Lipinski definition) is 2. The number of carboxylic acids is 2. The molecule has 2 N–H and O–H groups in total. The van der Waals surface area contributed by atoms with Crippen molar-refractivity contribution in [2.75, 3.05) is 0 Å². The molecule has 9 heteroatoms. The average Bonchev–Trinajstić information content (AvgIpc) is 3.01. The van der Waals surface area contributed by atoms with Crippen LogP contribution in [0.2, 0.25) is 0 Å². The fourth-order valence-corrected chi connectivity index (χ4v) is 9.40. The van der Waals surface area contributed by atoms with Crippen LogP contribution < -0.4 is 15.9 Å². The van der Waals surface area contributed by atoms with Crippen molar-refractivity contribution in [3.63, 3.8) is 0 Å². The van der Waals surface area contributed by atoms with Gasteiger partial charge in [-0.05, 0) is 60.2 Å². The lowest BCUT2D eigenvalue weighted by Crippen LogP contribution is -2.32. The monoisotopic (exact) mass is 598 g/mol. The third kappa shape index (κ3) is 7.17. The highest BCUT2D eigenvalue weighted by Gasteiger charge is 2.45. The zero-order valence-electron chi connectivity index (χ0n) is 22.3. The van der Waals surface area contributed by atoms with E-state index in [0.29, 0.717) is 12.1 Å². The van der Waals surface area contributed by atoms with E-state index in [9.17, 15) is 22.6 Å². The van der Waals surface area contributed by atoms with Crippen LogP contribution in [0, 0.1) is 0 Å². The Bertz CT molecular complexity index is 1630. The van der Waals surface area contributed by atoms with E-state index in [1.807, 2.05) is 0 Å². The van der Waals surface area contributed by atoms with Gasteiger partial charge >= 0.3 is 11.9 Å². The van der Waals surface area contributed by atoms with Crippen molar-refractivity contribution in [3.05, 3.63) is 156 Å². The number of hydrogen-bond acceptors (Lipinski definition) is 5. The van der Waals surface area contributed by atoms with Gasteiger partial charge in [0.25, 0.3) is 0 Å². The molecule has 0 bridgehead atoms. The summed E-state index contributed by atoms with van der Waals surface area (Å²) in [6.07, 6.45) is 1.03. The van der Waals surface area contributed by atoms with Crippen LogP contribution in [-0.4, -0.2) is 35.1 Å². The molecule has 0 heterocycles. The molecule has 212 valence electrons. The molecule has 0 aromatic heterocycles. The van der Waals surface area contributed by atoms with Crippen LogP contribution in [-0.2, 0) is 16.3 Å². The molecule has 0 fully saturated rings. The Labute approximate surface area is 244 Å². The van der Waals surface area contributed by atoms with Gasteiger partial charge in [-0.3, -0.25) is 0 Å². The summed E-state index contributed by atoms with van der Waals surface area (Å²) in [5.74, 6) is -3.04. The zero-order valence-corrected chi connectivity index (χ0v) is 24.0. The van der Waals surface area contributed by atoms with Gasteiger partial charge in [-0.2, -0.15) is 0 Å². The second-order valence-corrected chi connectivity index (χ2v) is 14.1. The standard InChI is InChI=1S/C25H22P.C8H6O7S/c1-5-13-22(14-6-1)21-26(23-15-7-2-8-16-23,24-17-9-3-10-18-24)25-19-11-4-12-20-25;9-7(10)4-1-5(8(11)12)3-6(2-4)16(13,14)15/h1-20H,21H2;1-3H,(H,9,10)(H,11,12)(H,13,14,15)/q+1;/p-1. The molecular formula is C33H27O7PS. The highest BCUT2D eigenvalue weighted by atomic mass is 32.2. The first-order chi connectivity index (χ1) is 20.1. The molecule has 5 aromatic rings. The zero-order chi connectivity index (χ0) is 30.2. The van der Waals surface area contributed by atoms with Gasteiger partial charge in [0, 0.05) is 0 Å². The molecule has 0 aliphatic carbocycles. The predicted molar refractivity (Wildman–Crippen MR) is 164 cm³/mol. The molecule has 0 saturated heterocycles. The summed E-state index contributed by atoms with van der Waals surface area (Å²) in [5.41, 5.74) is 0.237. The maximum atomic E-state index is 10.6. The van der Waals surface area contributed by atoms with Crippen LogP contribution in [0.3, 0.4) is 0 Å². The number of aromatic carboxylic acids is 2. The Hall–Kier alpha value is -4.62. The van der Waals surface area contributed by atoms with Crippen molar-refractivity contribution in [2.24, 2.45) is 0 Å². The van der Waals surface area contributed by atoms with Gasteiger partial charge in [0.15, 0.2) is 0 Å². The van der Waals surface area contributed by atoms with E-state index >= 15 is 0 Å². The predicted octanol–water partition coefficient (Wildman–Crippen LogP) is 5.17. The Morgan fingerprint density at radius 2 is 0.905 bits per heavy atom. The second kappa shape index (κ2) is 13.4. The molecule has 5 rings (SSSR count). The normalized spacial score (nSPS) is 11.2. The minimum absolute atomic E-state index is 0.575. The molecule has 0 amide bonds. The first-order valence-electron chi connectivity index (χ1n) is 12.8. The molecule has 0 atom stereocenters. The molecule has 42 heavy (non-hydrogen) atoms. The summed E-state index contributed by atoms with van der Waals surface area (Å²) in [4.78, 5) is 20.2. The van der Waals surface area contributed by atoms with E-state index in [2.05, 4.69) is 121 Å². The second-order valence-electron chi connectivity index (χ2n) is 9.27. The molecule has 7 nitrogen and oxygen atoms in total. The van der Waals surface area contributed by atoms with Crippen molar-refractivity contribution in [3.8, 4) is 0 Å². The molecular weight excluding hydrogens is 571 g/mol. The van der Waals surface area contributed by atoms with E-state index in [0.717, 1.165) is 12.2 Å². The van der Waals surface area contributed by atoms with Crippen LogP contribution in [0.4, 0.5) is 0 Å². The lowest BCUT2D eigenvalue weighted by atomic mass is 10.1. The number of carboxylic acid groups (broad SMARTS) is 2. The number of carbonyl (C=O) groups is 2. The van der Waals surface area contributed by atoms with Crippen molar-refractivity contribution in [1.82, 2.24) is 0 Å². The first kappa shape index (κ1) is 30.3. The number of rotatable bonds is 8. The van der Waals surface area contributed by atoms with Gasteiger partial charge in [-0.15, -0.1) is 0 Å². The SMILES string of the molecule is O=C(O)c1cc(C(=O)O)cc(S(=O)(=O)[O-])c1.c1ccc(C[P+](c2ccccc2)(c2ccccc2)c2ccccc2)cc1. The summed E-state index contributed by atoms with van der Waals surface area (Å²) in [6.45, 7) is 0. The molecule has 0 saturated carbocycles. The van der Waals surface area contributed by atoms with Crippen LogP contribution in [0.15, 0.2) is 144 Å². The van der Waals surface area contributed by atoms with Gasteiger partial charge in [-0.1, -0.05) is 84.9 Å². The van der Waals surface area contributed by atoms with E-state index in [4.69, 9.17) is 10.2 Å². The van der Waals surface area contributed by atoms with E-state index in [1.165, 1.54) is 21.5 Å². The summed E-state index contributed by atoms with van der Waals surface area (Å²) >= 11 is 0. The molecule has 0 unspecified atom stereocenters. The minimum Gasteiger partial charge on any atom is -0.744 e. The van der Waals surface area contributed by atoms with Gasteiger partial charge < -0.3 is 14.8 Å². The van der Waals surface area contributed by atoms with Crippen molar-refractivity contribution in [1.29, 1.82) is 0 Å². The van der Waals surface area contributed by atoms with Gasteiger partial charge in [0.2, 0.25) is 0 Å². The van der Waals surface area contributed by atoms with Crippen molar-refractivity contribution in [2.45, 2.75) is 11.1 Å². The lowest BCUT2D eigenvalue weighted by molar-refractivity contribution is 0.0696. The minimum atomic E-state index is -4.89. The molecule has 0 spiro atoms. The highest BCUT2D eigenvalue weighted by molar-refractivity contribution is 7.95. The third-order valence-electron chi connectivity index (χ3n) is 6.54. The molecule has 5 aromatic carbocycles. The van der Waals surface area contributed by atoms with Crippen LogP contribution in [0.5, 0.6) is 0 Å². The van der Waals surface area contributed by atoms with E-state index in [-0.39, 0.29) is 0 Å². The smallest absolute Gasteiger partial charge is 0.335 e. The third-order valence-corrected chi connectivity index (χ3v) is 11.7. The Morgan fingerprint density at radius 3 is 1.21 bits per heavy atom.